The normalized spacial score (nSPS) is 10.6. The molecule has 2 N–H and O–H groups in total. The van der Waals surface area contributed by atoms with Crippen molar-refractivity contribution in [3.8, 4) is 5.75 Å². The van der Waals surface area contributed by atoms with Gasteiger partial charge in [0, 0.05) is 16.9 Å². The Balaban J connectivity index is 2.01. The van der Waals surface area contributed by atoms with E-state index < -0.39 is 0 Å². The second-order valence-corrected chi connectivity index (χ2v) is 6.00. The number of methoxy groups -OCH3 is 1. The number of benzene rings is 1. The summed E-state index contributed by atoms with van der Waals surface area (Å²) in [7, 11) is 1.63. The number of aromatic amines is 1. The zero-order valence-electron chi connectivity index (χ0n) is 14.8. The van der Waals surface area contributed by atoms with Crippen molar-refractivity contribution in [2.45, 2.75) is 52.4 Å². The summed E-state index contributed by atoms with van der Waals surface area (Å²) in [5.41, 5.74) is 2.40. The predicted octanol–water partition coefficient (Wildman–Crippen LogP) is 4.34. The van der Waals surface area contributed by atoms with Gasteiger partial charge in [-0.2, -0.15) is 0 Å². The van der Waals surface area contributed by atoms with Crippen LogP contribution in [0.2, 0.25) is 0 Å². The van der Waals surface area contributed by atoms with E-state index in [1.807, 2.05) is 31.2 Å². The van der Waals surface area contributed by atoms with E-state index in [-0.39, 0.29) is 5.56 Å². The molecule has 130 valence electrons. The Labute approximate surface area is 143 Å². The van der Waals surface area contributed by atoms with Crippen LogP contribution in [-0.4, -0.2) is 17.1 Å². The lowest BCUT2D eigenvalue weighted by Gasteiger charge is -2.09. The molecule has 0 saturated heterocycles. The quantitative estimate of drug-likeness (QED) is 0.671. The van der Waals surface area contributed by atoms with Gasteiger partial charge in [-0.25, -0.2) is 4.98 Å². The zero-order valence-corrected chi connectivity index (χ0v) is 14.8. The largest absolute Gasteiger partial charge is 0.497 e. The van der Waals surface area contributed by atoms with Crippen molar-refractivity contribution in [3.63, 3.8) is 0 Å². The van der Waals surface area contributed by atoms with Gasteiger partial charge < -0.3 is 10.1 Å². The minimum absolute atomic E-state index is 0.0472. The van der Waals surface area contributed by atoms with Crippen LogP contribution in [0.3, 0.4) is 0 Å². The molecule has 0 saturated carbocycles. The fourth-order valence-electron chi connectivity index (χ4n) is 2.68. The van der Waals surface area contributed by atoms with Gasteiger partial charge in [-0.05, 0) is 44.0 Å². The minimum Gasteiger partial charge on any atom is -0.497 e. The fraction of sp³-hybridized carbons (Fsp3) is 0.474. The number of unbranched alkanes of at least 4 members (excludes halogenated alkanes) is 4. The molecule has 1 aromatic carbocycles. The highest BCUT2D eigenvalue weighted by Gasteiger charge is 2.08. The molecule has 1 heterocycles. The first kappa shape index (κ1) is 18.0. The molecule has 5 heteroatoms. The summed E-state index contributed by atoms with van der Waals surface area (Å²) in [6.07, 6.45) is 6.72. The third kappa shape index (κ3) is 5.11. The monoisotopic (exact) mass is 329 g/mol. The van der Waals surface area contributed by atoms with E-state index in [0.717, 1.165) is 35.5 Å². The Kier molecular flexibility index (Phi) is 6.85. The molecule has 0 radical (unpaired) electrons. The summed E-state index contributed by atoms with van der Waals surface area (Å²) in [4.78, 5) is 19.6. The third-order valence-electron chi connectivity index (χ3n) is 4.11. The molecule has 0 aliphatic carbocycles. The highest BCUT2D eigenvalue weighted by molar-refractivity contribution is 5.54. The van der Waals surface area contributed by atoms with Crippen molar-refractivity contribution in [1.29, 1.82) is 0 Å². The van der Waals surface area contributed by atoms with Gasteiger partial charge in [0.2, 0.25) is 5.95 Å². The fourth-order valence-corrected chi connectivity index (χ4v) is 2.68. The maximum atomic E-state index is 12.3. The number of aromatic nitrogens is 2. The molecule has 2 aromatic rings. The highest BCUT2D eigenvalue weighted by Crippen LogP contribution is 2.18. The Hall–Kier alpha value is -2.30. The van der Waals surface area contributed by atoms with Gasteiger partial charge in [0.15, 0.2) is 0 Å². The van der Waals surface area contributed by atoms with Crippen molar-refractivity contribution >= 4 is 11.6 Å². The molecule has 0 atom stereocenters. The summed E-state index contributed by atoms with van der Waals surface area (Å²) in [6.45, 7) is 4.10. The number of H-pyrrole nitrogens is 1. The molecule has 0 amide bonds. The van der Waals surface area contributed by atoms with Crippen LogP contribution in [0.1, 0.15) is 50.3 Å². The van der Waals surface area contributed by atoms with E-state index in [0.29, 0.717) is 5.95 Å². The molecule has 0 bridgehead atoms. The average Bonchev–Trinajstić information content (AvgIpc) is 2.57. The molecule has 0 spiro atoms. The SMILES string of the molecule is CCCCCCCc1c(C)nc(Nc2ccc(OC)cc2)[nH]c1=O. The van der Waals surface area contributed by atoms with Crippen LogP contribution >= 0.6 is 0 Å². The number of aryl methyl sites for hydroxylation is 1. The van der Waals surface area contributed by atoms with Crippen LogP contribution in [0.4, 0.5) is 11.6 Å². The lowest BCUT2D eigenvalue weighted by Crippen LogP contribution is -2.18. The Morgan fingerprint density at radius 3 is 2.46 bits per heavy atom. The Morgan fingerprint density at radius 2 is 1.83 bits per heavy atom. The van der Waals surface area contributed by atoms with Crippen molar-refractivity contribution in [2.75, 3.05) is 12.4 Å². The molecule has 0 aliphatic heterocycles. The molecule has 0 fully saturated rings. The maximum Gasteiger partial charge on any atom is 0.255 e. The number of ether oxygens (including phenoxy) is 1. The van der Waals surface area contributed by atoms with Gasteiger partial charge in [0.1, 0.15) is 5.75 Å². The molecule has 1 aromatic heterocycles. The summed E-state index contributed by atoms with van der Waals surface area (Å²) < 4.78 is 5.13. The van der Waals surface area contributed by atoms with E-state index in [4.69, 9.17) is 4.74 Å². The third-order valence-corrected chi connectivity index (χ3v) is 4.11. The van der Waals surface area contributed by atoms with E-state index in [2.05, 4.69) is 22.2 Å². The number of anilines is 2. The molecular weight excluding hydrogens is 302 g/mol. The van der Waals surface area contributed by atoms with Crippen LogP contribution < -0.4 is 15.6 Å². The zero-order chi connectivity index (χ0) is 17.4. The Bertz CT molecular complexity index is 693. The second kappa shape index (κ2) is 9.11. The topological polar surface area (TPSA) is 67.0 Å². The predicted molar refractivity (Wildman–Crippen MR) is 98.3 cm³/mol. The lowest BCUT2D eigenvalue weighted by molar-refractivity contribution is 0.415. The van der Waals surface area contributed by atoms with E-state index >= 15 is 0 Å². The first-order chi connectivity index (χ1) is 11.6. The number of hydrogen-bond donors (Lipinski definition) is 2. The van der Waals surface area contributed by atoms with Gasteiger partial charge >= 0.3 is 0 Å². The standard InChI is InChI=1S/C19H27N3O2/c1-4-5-6-7-8-9-17-14(2)20-19(22-18(17)23)21-15-10-12-16(24-3)13-11-15/h10-13H,4-9H2,1-3H3,(H2,20,21,22,23). The molecule has 0 unspecified atom stereocenters. The van der Waals surface area contributed by atoms with Crippen molar-refractivity contribution < 1.29 is 4.74 Å². The van der Waals surface area contributed by atoms with Gasteiger partial charge in [-0.15, -0.1) is 0 Å². The highest BCUT2D eigenvalue weighted by atomic mass is 16.5. The van der Waals surface area contributed by atoms with Crippen LogP contribution in [-0.2, 0) is 6.42 Å². The molecule has 0 aliphatic rings. The van der Waals surface area contributed by atoms with Gasteiger partial charge in [0.05, 0.1) is 7.11 Å². The van der Waals surface area contributed by atoms with Gasteiger partial charge in [-0.1, -0.05) is 32.6 Å². The van der Waals surface area contributed by atoms with Crippen molar-refractivity contribution in [2.24, 2.45) is 0 Å². The molecule has 5 nitrogen and oxygen atoms in total. The second-order valence-electron chi connectivity index (χ2n) is 6.00. The summed E-state index contributed by atoms with van der Waals surface area (Å²) in [6, 6.07) is 7.49. The smallest absolute Gasteiger partial charge is 0.255 e. The van der Waals surface area contributed by atoms with Crippen molar-refractivity contribution in [1.82, 2.24) is 9.97 Å². The molecule has 24 heavy (non-hydrogen) atoms. The number of nitrogens with zero attached hydrogens (tertiary/aromatic N) is 1. The first-order valence-electron chi connectivity index (χ1n) is 8.65. The number of hydrogen-bond acceptors (Lipinski definition) is 4. The summed E-state index contributed by atoms with van der Waals surface area (Å²) >= 11 is 0. The maximum absolute atomic E-state index is 12.3. The van der Waals surface area contributed by atoms with E-state index in [1.54, 1.807) is 7.11 Å². The summed E-state index contributed by atoms with van der Waals surface area (Å²) in [5, 5.41) is 3.13. The van der Waals surface area contributed by atoms with E-state index in [1.165, 1.54) is 25.7 Å². The average molecular weight is 329 g/mol. The first-order valence-corrected chi connectivity index (χ1v) is 8.65. The number of nitrogens with one attached hydrogen (secondary N) is 2. The van der Waals surface area contributed by atoms with Crippen LogP contribution in [0.15, 0.2) is 29.1 Å². The van der Waals surface area contributed by atoms with Crippen LogP contribution in [0.25, 0.3) is 0 Å². The molecular formula is C19H27N3O2. The number of rotatable bonds is 9. The van der Waals surface area contributed by atoms with E-state index in [9.17, 15) is 4.79 Å². The minimum atomic E-state index is -0.0472. The lowest BCUT2D eigenvalue weighted by atomic mass is 10.1. The summed E-state index contributed by atoms with van der Waals surface area (Å²) in [5.74, 6) is 1.26. The van der Waals surface area contributed by atoms with Gasteiger partial charge in [0.25, 0.3) is 5.56 Å². The van der Waals surface area contributed by atoms with Crippen molar-refractivity contribution in [3.05, 3.63) is 45.9 Å². The molecule has 2 rings (SSSR count). The van der Waals surface area contributed by atoms with Crippen LogP contribution in [0, 0.1) is 6.92 Å². The Morgan fingerprint density at radius 1 is 1.12 bits per heavy atom. The van der Waals surface area contributed by atoms with Gasteiger partial charge in [-0.3, -0.25) is 9.78 Å². The van der Waals surface area contributed by atoms with Crippen LogP contribution in [0.5, 0.6) is 5.75 Å².